The second-order valence-corrected chi connectivity index (χ2v) is 7.40. The minimum Gasteiger partial charge on any atom is -0.437 e. The third-order valence-corrected chi connectivity index (χ3v) is 5.12. The monoisotopic (exact) mass is 392 g/mol. The summed E-state index contributed by atoms with van der Waals surface area (Å²) in [6.45, 7) is 6.80. The first-order valence-corrected chi connectivity index (χ1v) is 9.80. The van der Waals surface area contributed by atoms with Gasteiger partial charge in [0, 0.05) is 38.3 Å². The lowest BCUT2D eigenvalue weighted by Crippen LogP contribution is -2.39. The van der Waals surface area contributed by atoms with E-state index in [4.69, 9.17) is 9.15 Å². The Morgan fingerprint density at radius 1 is 1.14 bits per heavy atom. The Morgan fingerprint density at radius 3 is 2.62 bits per heavy atom. The minimum atomic E-state index is -0.127. The average Bonchev–Trinajstić information content (AvgIpc) is 3.07. The molecule has 0 bridgehead atoms. The van der Waals surface area contributed by atoms with E-state index in [1.165, 1.54) is 0 Å². The molecule has 1 aromatic carbocycles. The third-order valence-electron chi connectivity index (χ3n) is 5.12. The second-order valence-electron chi connectivity index (χ2n) is 7.40. The van der Waals surface area contributed by atoms with Gasteiger partial charge in [-0.05, 0) is 38.8 Å². The Kier molecular flexibility index (Phi) is 5.29. The zero-order valence-electron chi connectivity index (χ0n) is 16.9. The standard InChI is InChI=1S/C22H24N4O3/c1-14-6-8-18(9-7-14)29-21-19(23-10-11-24-21)17-5-4-12-26(13-17)22(27)20-15(2)25-16(3)28-20/h6-11,17H,4-5,12-13H2,1-3H3. The fraction of sp³-hybridized carbons (Fsp3) is 0.364. The third kappa shape index (κ3) is 4.13. The summed E-state index contributed by atoms with van der Waals surface area (Å²) in [6.07, 6.45) is 5.09. The molecule has 1 fully saturated rings. The molecule has 29 heavy (non-hydrogen) atoms. The molecule has 4 rings (SSSR count). The maximum Gasteiger partial charge on any atom is 0.291 e. The smallest absolute Gasteiger partial charge is 0.291 e. The van der Waals surface area contributed by atoms with E-state index in [9.17, 15) is 4.79 Å². The summed E-state index contributed by atoms with van der Waals surface area (Å²) in [7, 11) is 0. The van der Waals surface area contributed by atoms with Gasteiger partial charge in [-0.3, -0.25) is 9.78 Å². The van der Waals surface area contributed by atoms with Crippen LogP contribution in [0.5, 0.6) is 11.6 Å². The quantitative estimate of drug-likeness (QED) is 0.662. The Morgan fingerprint density at radius 2 is 1.90 bits per heavy atom. The highest BCUT2D eigenvalue weighted by molar-refractivity contribution is 5.92. The first kappa shape index (κ1) is 19.1. The van der Waals surface area contributed by atoms with Crippen molar-refractivity contribution in [2.75, 3.05) is 13.1 Å². The van der Waals surface area contributed by atoms with E-state index in [0.717, 1.165) is 24.1 Å². The van der Waals surface area contributed by atoms with Crippen LogP contribution in [0, 0.1) is 20.8 Å². The van der Waals surface area contributed by atoms with Crippen molar-refractivity contribution in [3.05, 3.63) is 65.3 Å². The van der Waals surface area contributed by atoms with E-state index >= 15 is 0 Å². The lowest BCUT2D eigenvalue weighted by molar-refractivity contribution is 0.0670. The van der Waals surface area contributed by atoms with Crippen LogP contribution in [0.15, 0.2) is 41.1 Å². The first-order chi connectivity index (χ1) is 14.0. The van der Waals surface area contributed by atoms with Crippen LogP contribution in [0.3, 0.4) is 0 Å². The Hall–Kier alpha value is -3.22. The predicted molar refractivity (Wildman–Crippen MR) is 107 cm³/mol. The number of carbonyl (C=O) groups excluding carboxylic acids is 1. The molecule has 7 heteroatoms. The van der Waals surface area contributed by atoms with Gasteiger partial charge in [-0.2, -0.15) is 0 Å². The largest absolute Gasteiger partial charge is 0.437 e. The molecule has 1 unspecified atom stereocenters. The molecule has 0 N–H and O–H groups in total. The number of aromatic nitrogens is 3. The highest BCUT2D eigenvalue weighted by Gasteiger charge is 2.31. The molecule has 0 spiro atoms. The van der Waals surface area contributed by atoms with Gasteiger partial charge in [-0.1, -0.05) is 17.7 Å². The van der Waals surface area contributed by atoms with E-state index < -0.39 is 0 Å². The van der Waals surface area contributed by atoms with Crippen molar-refractivity contribution in [1.29, 1.82) is 0 Å². The second kappa shape index (κ2) is 8.03. The molecule has 7 nitrogen and oxygen atoms in total. The van der Waals surface area contributed by atoms with Crippen molar-refractivity contribution in [2.24, 2.45) is 0 Å². The summed E-state index contributed by atoms with van der Waals surface area (Å²) in [5.74, 6) is 1.95. The van der Waals surface area contributed by atoms with Crippen LogP contribution in [-0.4, -0.2) is 38.8 Å². The molecule has 150 valence electrons. The predicted octanol–water partition coefficient (Wildman–Crippen LogP) is 4.20. The number of piperidine rings is 1. The van der Waals surface area contributed by atoms with Crippen molar-refractivity contribution in [1.82, 2.24) is 19.9 Å². The Bertz CT molecular complexity index is 1010. The lowest BCUT2D eigenvalue weighted by Gasteiger charge is -2.32. The van der Waals surface area contributed by atoms with Gasteiger partial charge in [0.1, 0.15) is 11.4 Å². The number of rotatable bonds is 4. The summed E-state index contributed by atoms with van der Waals surface area (Å²) in [5, 5.41) is 0. The van der Waals surface area contributed by atoms with Crippen LogP contribution in [0.4, 0.5) is 0 Å². The normalized spacial score (nSPS) is 16.7. The molecular weight excluding hydrogens is 368 g/mol. The Balaban J connectivity index is 1.55. The van der Waals surface area contributed by atoms with Crippen LogP contribution < -0.4 is 4.74 Å². The first-order valence-electron chi connectivity index (χ1n) is 9.80. The van der Waals surface area contributed by atoms with E-state index in [-0.39, 0.29) is 11.8 Å². The maximum absolute atomic E-state index is 12.9. The summed E-state index contributed by atoms with van der Waals surface area (Å²) in [4.78, 5) is 27.9. The van der Waals surface area contributed by atoms with Gasteiger partial charge < -0.3 is 14.1 Å². The van der Waals surface area contributed by atoms with Crippen molar-refractivity contribution < 1.29 is 13.9 Å². The van der Waals surface area contributed by atoms with Crippen molar-refractivity contribution in [3.8, 4) is 11.6 Å². The fourth-order valence-electron chi connectivity index (χ4n) is 3.67. The van der Waals surface area contributed by atoms with Crippen LogP contribution in [0.2, 0.25) is 0 Å². The van der Waals surface area contributed by atoms with E-state index in [1.54, 1.807) is 26.2 Å². The molecule has 1 aliphatic rings. The van der Waals surface area contributed by atoms with Gasteiger partial charge in [-0.15, -0.1) is 0 Å². The number of nitrogens with zero attached hydrogens (tertiary/aromatic N) is 4. The summed E-state index contributed by atoms with van der Waals surface area (Å²) >= 11 is 0. The number of amides is 1. The fourth-order valence-corrected chi connectivity index (χ4v) is 3.67. The molecule has 1 amide bonds. The minimum absolute atomic E-state index is 0.0474. The summed E-state index contributed by atoms with van der Waals surface area (Å²) in [5.41, 5.74) is 2.56. The molecule has 3 heterocycles. The molecule has 1 atom stereocenters. The zero-order valence-corrected chi connectivity index (χ0v) is 16.9. The lowest BCUT2D eigenvalue weighted by atomic mass is 9.94. The molecule has 2 aromatic heterocycles. The molecule has 1 saturated heterocycles. The van der Waals surface area contributed by atoms with E-state index in [2.05, 4.69) is 15.0 Å². The average molecular weight is 392 g/mol. The summed E-state index contributed by atoms with van der Waals surface area (Å²) < 4.78 is 11.5. The number of hydrogen-bond acceptors (Lipinski definition) is 6. The maximum atomic E-state index is 12.9. The van der Waals surface area contributed by atoms with Gasteiger partial charge in [-0.25, -0.2) is 9.97 Å². The number of likely N-dealkylation sites (tertiary alicyclic amines) is 1. The number of oxazole rings is 1. The van der Waals surface area contributed by atoms with Crippen LogP contribution in [0.1, 0.15) is 52.2 Å². The molecule has 0 saturated carbocycles. The molecule has 0 aliphatic carbocycles. The highest BCUT2D eigenvalue weighted by Crippen LogP contribution is 2.33. The summed E-state index contributed by atoms with van der Waals surface area (Å²) in [6, 6.07) is 7.82. The SMILES string of the molecule is Cc1ccc(Oc2nccnc2C2CCCN(C(=O)c3oc(C)nc3C)C2)cc1. The number of aryl methyl sites for hydroxylation is 3. The number of hydrogen-bond donors (Lipinski definition) is 0. The van der Waals surface area contributed by atoms with Crippen molar-refractivity contribution in [2.45, 2.75) is 39.5 Å². The van der Waals surface area contributed by atoms with Crippen LogP contribution in [0.25, 0.3) is 0 Å². The molecular formula is C22H24N4O3. The van der Waals surface area contributed by atoms with E-state index in [1.807, 2.05) is 36.1 Å². The molecule has 1 aliphatic heterocycles. The highest BCUT2D eigenvalue weighted by atomic mass is 16.5. The van der Waals surface area contributed by atoms with Crippen LogP contribution in [-0.2, 0) is 0 Å². The van der Waals surface area contributed by atoms with Crippen LogP contribution >= 0.6 is 0 Å². The van der Waals surface area contributed by atoms with Crippen molar-refractivity contribution >= 4 is 5.91 Å². The molecule has 0 radical (unpaired) electrons. The number of ether oxygens (including phenoxy) is 1. The van der Waals surface area contributed by atoms with Gasteiger partial charge in [0.15, 0.2) is 5.89 Å². The van der Waals surface area contributed by atoms with Gasteiger partial charge in [0.2, 0.25) is 11.6 Å². The van der Waals surface area contributed by atoms with Gasteiger partial charge in [0.25, 0.3) is 5.91 Å². The Labute approximate surface area is 169 Å². The number of benzene rings is 1. The topological polar surface area (TPSA) is 81.4 Å². The van der Waals surface area contributed by atoms with E-state index in [0.29, 0.717) is 42.1 Å². The van der Waals surface area contributed by atoms with Crippen molar-refractivity contribution in [3.63, 3.8) is 0 Å². The van der Waals surface area contributed by atoms with Gasteiger partial charge in [0.05, 0.1) is 5.69 Å². The zero-order chi connectivity index (χ0) is 20.4. The molecule has 3 aromatic rings. The number of carbonyl (C=O) groups is 1. The van der Waals surface area contributed by atoms with Gasteiger partial charge >= 0.3 is 0 Å².